The quantitative estimate of drug-likeness (QED) is 0.863. The minimum atomic E-state index is -1.07. The summed E-state index contributed by atoms with van der Waals surface area (Å²) in [6.07, 6.45) is 4.60. The second kappa shape index (κ2) is 6.39. The Balaban J connectivity index is 2.04. The largest absolute Gasteiger partial charge is 0.478 e. The molecule has 4 heteroatoms. The molecule has 0 bridgehead atoms. The highest BCUT2D eigenvalue weighted by molar-refractivity contribution is 5.85. The maximum absolute atomic E-state index is 13.6. The molecule has 1 aromatic carbocycles. The lowest BCUT2D eigenvalue weighted by Gasteiger charge is -2.37. The average Bonchev–Trinajstić information content (AvgIpc) is 2.41. The van der Waals surface area contributed by atoms with Gasteiger partial charge in [0.15, 0.2) is 0 Å². The Bertz CT molecular complexity index is 542. The normalized spacial score (nSPS) is 19.0. The molecule has 3 nitrogen and oxygen atoms in total. The topological polar surface area (TPSA) is 40.5 Å². The summed E-state index contributed by atoms with van der Waals surface area (Å²) in [6.45, 7) is 7.45. The molecule has 1 heterocycles. The van der Waals surface area contributed by atoms with Crippen molar-refractivity contribution in [1.82, 2.24) is 4.90 Å². The van der Waals surface area contributed by atoms with E-state index in [4.69, 9.17) is 5.11 Å². The molecule has 0 saturated carbocycles. The number of carboxylic acids is 1. The van der Waals surface area contributed by atoms with Crippen LogP contribution in [0.3, 0.4) is 0 Å². The highest BCUT2D eigenvalue weighted by atomic mass is 19.1. The van der Waals surface area contributed by atoms with Crippen molar-refractivity contribution in [2.45, 2.75) is 33.2 Å². The van der Waals surface area contributed by atoms with E-state index in [9.17, 15) is 9.18 Å². The van der Waals surface area contributed by atoms with Crippen LogP contribution in [-0.4, -0.2) is 29.1 Å². The van der Waals surface area contributed by atoms with Crippen LogP contribution in [0.25, 0.3) is 6.08 Å². The van der Waals surface area contributed by atoms with Gasteiger partial charge in [0.05, 0.1) is 0 Å². The molecule has 0 spiro atoms. The number of piperidine rings is 1. The summed E-state index contributed by atoms with van der Waals surface area (Å²) in [7, 11) is 0. The third-order valence-electron chi connectivity index (χ3n) is 4.08. The molecular weight excluding hydrogens is 269 g/mol. The number of carbonyl (C=O) groups is 1. The molecule has 0 atom stereocenters. The van der Waals surface area contributed by atoms with Gasteiger partial charge in [-0.3, -0.25) is 4.90 Å². The molecule has 1 aliphatic rings. The Morgan fingerprint density at radius 1 is 1.38 bits per heavy atom. The van der Waals surface area contributed by atoms with Crippen LogP contribution < -0.4 is 0 Å². The monoisotopic (exact) mass is 291 g/mol. The van der Waals surface area contributed by atoms with Crippen molar-refractivity contribution in [3.8, 4) is 0 Å². The predicted octanol–water partition coefficient (Wildman–Crippen LogP) is 3.55. The van der Waals surface area contributed by atoms with Crippen LogP contribution >= 0.6 is 0 Å². The van der Waals surface area contributed by atoms with Crippen LogP contribution in [-0.2, 0) is 11.3 Å². The van der Waals surface area contributed by atoms with Crippen molar-refractivity contribution < 1.29 is 14.3 Å². The summed E-state index contributed by atoms with van der Waals surface area (Å²) in [5, 5.41) is 8.63. The maximum Gasteiger partial charge on any atom is 0.328 e. The molecule has 0 amide bonds. The molecule has 1 aliphatic heterocycles. The van der Waals surface area contributed by atoms with E-state index in [1.54, 1.807) is 12.1 Å². The molecule has 2 rings (SSSR count). The van der Waals surface area contributed by atoms with Crippen molar-refractivity contribution in [3.63, 3.8) is 0 Å². The summed E-state index contributed by atoms with van der Waals surface area (Å²) < 4.78 is 13.6. The SMILES string of the molecule is CC1(C)CCN(Cc2ccc(F)c(C=CC(=O)O)c2)CC1. The first-order valence-corrected chi connectivity index (χ1v) is 7.27. The van der Waals surface area contributed by atoms with E-state index in [1.807, 2.05) is 0 Å². The summed E-state index contributed by atoms with van der Waals surface area (Å²) in [5.41, 5.74) is 1.75. The molecule has 1 fully saturated rings. The first kappa shape index (κ1) is 15.7. The molecule has 0 aliphatic carbocycles. The number of nitrogens with zero attached hydrogens (tertiary/aromatic N) is 1. The molecule has 0 aromatic heterocycles. The molecule has 0 unspecified atom stereocenters. The van der Waals surface area contributed by atoms with Gasteiger partial charge in [0.1, 0.15) is 5.82 Å². The number of hydrogen-bond donors (Lipinski definition) is 1. The number of hydrogen-bond acceptors (Lipinski definition) is 2. The molecule has 1 N–H and O–H groups in total. The van der Waals surface area contributed by atoms with Gasteiger partial charge in [-0.15, -0.1) is 0 Å². The van der Waals surface area contributed by atoms with Crippen LogP contribution in [0.2, 0.25) is 0 Å². The lowest BCUT2D eigenvalue weighted by molar-refractivity contribution is -0.131. The average molecular weight is 291 g/mol. The highest BCUT2D eigenvalue weighted by Crippen LogP contribution is 2.30. The van der Waals surface area contributed by atoms with Crippen LogP contribution in [0.4, 0.5) is 4.39 Å². The van der Waals surface area contributed by atoms with E-state index < -0.39 is 11.8 Å². The third kappa shape index (κ3) is 4.67. The van der Waals surface area contributed by atoms with Crippen LogP contribution in [0.15, 0.2) is 24.3 Å². The van der Waals surface area contributed by atoms with E-state index in [-0.39, 0.29) is 0 Å². The molecular formula is C17H22FNO2. The zero-order chi connectivity index (χ0) is 15.5. The van der Waals surface area contributed by atoms with E-state index in [0.29, 0.717) is 11.0 Å². The fourth-order valence-corrected chi connectivity index (χ4v) is 2.56. The lowest BCUT2D eigenvalue weighted by Crippen LogP contribution is -2.36. The minimum absolute atomic E-state index is 0.326. The smallest absolute Gasteiger partial charge is 0.328 e. The number of aliphatic carboxylic acids is 1. The van der Waals surface area contributed by atoms with Gasteiger partial charge in [0.25, 0.3) is 0 Å². The fourth-order valence-electron chi connectivity index (χ4n) is 2.56. The van der Waals surface area contributed by atoms with Gasteiger partial charge in [-0.2, -0.15) is 0 Å². The van der Waals surface area contributed by atoms with Gasteiger partial charge >= 0.3 is 5.97 Å². The van der Waals surface area contributed by atoms with Crippen molar-refractivity contribution in [3.05, 3.63) is 41.2 Å². The van der Waals surface area contributed by atoms with E-state index in [2.05, 4.69) is 18.7 Å². The first-order valence-electron chi connectivity index (χ1n) is 7.27. The number of carboxylic acid groups (broad SMARTS) is 1. The third-order valence-corrected chi connectivity index (χ3v) is 4.08. The second-order valence-corrected chi connectivity index (χ2v) is 6.47. The van der Waals surface area contributed by atoms with Crippen LogP contribution in [0.5, 0.6) is 0 Å². The minimum Gasteiger partial charge on any atom is -0.478 e. The summed E-state index contributed by atoms with van der Waals surface area (Å²) in [5.74, 6) is -1.46. The summed E-state index contributed by atoms with van der Waals surface area (Å²) in [6, 6.07) is 4.91. The van der Waals surface area contributed by atoms with Crippen molar-refractivity contribution in [1.29, 1.82) is 0 Å². The summed E-state index contributed by atoms with van der Waals surface area (Å²) in [4.78, 5) is 12.9. The second-order valence-electron chi connectivity index (χ2n) is 6.47. The Labute approximate surface area is 125 Å². The molecule has 1 aromatic rings. The standard InChI is InChI=1S/C17H22FNO2/c1-17(2)7-9-19(10-8-17)12-13-3-5-15(18)14(11-13)4-6-16(20)21/h3-6,11H,7-10,12H2,1-2H3,(H,20,21). The maximum atomic E-state index is 13.6. The Kier molecular flexibility index (Phi) is 4.78. The zero-order valence-corrected chi connectivity index (χ0v) is 12.6. The number of likely N-dealkylation sites (tertiary alicyclic amines) is 1. The zero-order valence-electron chi connectivity index (χ0n) is 12.6. The van der Waals surface area contributed by atoms with Crippen LogP contribution in [0.1, 0.15) is 37.8 Å². The van der Waals surface area contributed by atoms with Crippen LogP contribution in [0, 0.1) is 11.2 Å². The molecule has 0 radical (unpaired) electrons. The Hall–Kier alpha value is -1.68. The Morgan fingerprint density at radius 3 is 2.67 bits per heavy atom. The highest BCUT2D eigenvalue weighted by Gasteiger charge is 2.25. The van der Waals surface area contributed by atoms with E-state index >= 15 is 0 Å². The Morgan fingerprint density at radius 2 is 2.05 bits per heavy atom. The van der Waals surface area contributed by atoms with Gasteiger partial charge in [-0.1, -0.05) is 19.9 Å². The van der Waals surface area contributed by atoms with Gasteiger partial charge in [-0.05, 0) is 55.1 Å². The molecule has 114 valence electrons. The van der Waals surface area contributed by atoms with Crippen molar-refractivity contribution in [2.24, 2.45) is 5.41 Å². The van der Waals surface area contributed by atoms with Gasteiger partial charge in [-0.25, -0.2) is 9.18 Å². The molecule has 1 saturated heterocycles. The van der Waals surface area contributed by atoms with Crippen molar-refractivity contribution in [2.75, 3.05) is 13.1 Å². The first-order chi connectivity index (χ1) is 9.85. The van der Waals surface area contributed by atoms with Gasteiger partial charge in [0, 0.05) is 18.2 Å². The van der Waals surface area contributed by atoms with Gasteiger partial charge in [0.2, 0.25) is 0 Å². The lowest BCUT2D eigenvalue weighted by atomic mass is 9.82. The number of benzene rings is 1. The fraction of sp³-hybridized carbons (Fsp3) is 0.471. The number of halogens is 1. The van der Waals surface area contributed by atoms with Gasteiger partial charge < -0.3 is 5.11 Å². The van der Waals surface area contributed by atoms with E-state index in [0.717, 1.165) is 31.3 Å². The van der Waals surface area contributed by atoms with Crippen molar-refractivity contribution >= 4 is 12.0 Å². The molecule has 21 heavy (non-hydrogen) atoms. The van der Waals surface area contributed by atoms with E-state index in [1.165, 1.54) is 25.0 Å². The summed E-state index contributed by atoms with van der Waals surface area (Å²) >= 11 is 0. The predicted molar refractivity (Wildman–Crippen MR) is 81.4 cm³/mol. The number of rotatable bonds is 4.